The number of benzene rings is 1. The van der Waals surface area contributed by atoms with Gasteiger partial charge in [-0.3, -0.25) is 4.79 Å². The van der Waals surface area contributed by atoms with Crippen molar-refractivity contribution >= 4 is 39.8 Å². The van der Waals surface area contributed by atoms with Crippen molar-refractivity contribution in [1.82, 2.24) is 0 Å². The van der Waals surface area contributed by atoms with Crippen LogP contribution in [0.4, 0.5) is 13.8 Å². The topological polar surface area (TPSA) is 55.4 Å². The van der Waals surface area contributed by atoms with Crippen molar-refractivity contribution in [2.75, 3.05) is 12.4 Å². The number of hydrogen-bond acceptors (Lipinski definition) is 4. The summed E-state index contributed by atoms with van der Waals surface area (Å²) in [5.41, 5.74) is 0.780. The van der Waals surface area contributed by atoms with E-state index in [4.69, 9.17) is 16.3 Å². The number of carbonyl (C=O) groups excluding carboxylic acids is 2. The Kier molecular flexibility index (Phi) is 6.13. The van der Waals surface area contributed by atoms with Crippen molar-refractivity contribution in [3.63, 3.8) is 0 Å². The van der Waals surface area contributed by atoms with E-state index in [0.29, 0.717) is 18.4 Å². The molecule has 8 heteroatoms. The number of halogens is 3. The molecular formula is C17H16ClF2NO3S. The van der Waals surface area contributed by atoms with Crippen molar-refractivity contribution in [3.8, 4) is 0 Å². The first-order chi connectivity index (χ1) is 11.7. The number of methoxy groups -OCH3 is 1. The van der Waals surface area contributed by atoms with Gasteiger partial charge in [0.2, 0.25) is 0 Å². The standard InChI is InChI=1S/C17H16ClF2NO3S/c1-8(2)4-9-7-25-16(14(9)17(23)24-3)21-15(22)10-5-12(19)13(20)6-11(10)18/h5-8H,4H2,1-3H3,(H,21,22). The zero-order valence-corrected chi connectivity index (χ0v) is 15.4. The molecule has 4 nitrogen and oxygen atoms in total. The molecule has 0 radical (unpaired) electrons. The van der Waals surface area contributed by atoms with E-state index in [1.54, 1.807) is 5.38 Å². The van der Waals surface area contributed by atoms with Crippen LogP contribution in [0.5, 0.6) is 0 Å². The Morgan fingerprint density at radius 2 is 1.92 bits per heavy atom. The summed E-state index contributed by atoms with van der Waals surface area (Å²) in [4.78, 5) is 24.4. The van der Waals surface area contributed by atoms with Gasteiger partial charge in [-0.25, -0.2) is 13.6 Å². The number of thiophene rings is 1. The van der Waals surface area contributed by atoms with Gasteiger partial charge in [0, 0.05) is 0 Å². The predicted octanol–water partition coefficient (Wildman–Crippen LogP) is 4.92. The highest BCUT2D eigenvalue weighted by Gasteiger charge is 2.23. The van der Waals surface area contributed by atoms with Gasteiger partial charge >= 0.3 is 5.97 Å². The maximum Gasteiger partial charge on any atom is 0.341 e. The molecule has 0 atom stereocenters. The second-order valence-electron chi connectivity index (χ2n) is 5.75. The van der Waals surface area contributed by atoms with Crippen molar-refractivity contribution in [1.29, 1.82) is 0 Å². The molecule has 1 N–H and O–H groups in total. The van der Waals surface area contributed by atoms with E-state index in [-0.39, 0.29) is 21.2 Å². The van der Waals surface area contributed by atoms with Gasteiger partial charge in [0.15, 0.2) is 11.6 Å². The quantitative estimate of drug-likeness (QED) is 0.585. The Hall–Kier alpha value is -1.99. The number of rotatable bonds is 5. The van der Waals surface area contributed by atoms with Crippen LogP contribution >= 0.6 is 22.9 Å². The third-order valence-corrected chi connectivity index (χ3v) is 4.62. The lowest BCUT2D eigenvalue weighted by molar-refractivity contribution is 0.0601. The minimum Gasteiger partial charge on any atom is -0.465 e. The molecule has 1 heterocycles. The maximum absolute atomic E-state index is 13.4. The molecular weight excluding hydrogens is 372 g/mol. The van der Waals surface area contributed by atoms with Crippen LogP contribution in [0.15, 0.2) is 17.5 Å². The van der Waals surface area contributed by atoms with E-state index < -0.39 is 23.5 Å². The van der Waals surface area contributed by atoms with E-state index >= 15 is 0 Å². The number of anilines is 1. The van der Waals surface area contributed by atoms with Crippen LogP contribution in [0.2, 0.25) is 5.02 Å². The maximum atomic E-state index is 13.4. The van der Waals surface area contributed by atoms with E-state index in [1.807, 2.05) is 13.8 Å². The van der Waals surface area contributed by atoms with Crippen LogP contribution in [-0.4, -0.2) is 19.0 Å². The third kappa shape index (κ3) is 4.35. The Bertz CT molecular complexity index is 820. The lowest BCUT2D eigenvalue weighted by Gasteiger charge is -2.10. The second kappa shape index (κ2) is 7.93. The Morgan fingerprint density at radius 1 is 1.28 bits per heavy atom. The van der Waals surface area contributed by atoms with Crippen LogP contribution in [0.3, 0.4) is 0 Å². The molecule has 1 aromatic carbocycles. The average Bonchev–Trinajstić information content (AvgIpc) is 2.91. The molecule has 0 saturated heterocycles. The van der Waals surface area contributed by atoms with Gasteiger partial charge in [-0.15, -0.1) is 11.3 Å². The van der Waals surface area contributed by atoms with Gasteiger partial charge in [-0.1, -0.05) is 25.4 Å². The van der Waals surface area contributed by atoms with E-state index in [1.165, 1.54) is 7.11 Å². The highest BCUT2D eigenvalue weighted by molar-refractivity contribution is 7.15. The Balaban J connectivity index is 2.37. The first-order valence-electron chi connectivity index (χ1n) is 7.39. The molecule has 134 valence electrons. The molecule has 2 rings (SSSR count). The third-order valence-electron chi connectivity index (χ3n) is 3.37. The number of ether oxygens (including phenoxy) is 1. The normalized spacial score (nSPS) is 10.8. The van der Waals surface area contributed by atoms with Crippen LogP contribution in [0.1, 0.15) is 40.1 Å². The summed E-state index contributed by atoms with van der Waals surface area (Å²) >= 11 is 6.96. The van der Waals surface area contributed by atoms with E-state index in [2.05, 4.69) is 5.32 Å². The van der Waals surface area contributed by atoms with Crippen molar-refractivity contribution in [2.45, 2.75) is 20.3 Å². The van der Waals surface area contributed by atoms with Crippen LogP contribution in [-0.2, 0) is 11.2 Å². The molecule has 0 unspecified atom stereocenters. The van der Waals surface area contributed by atoms with Crippen molar-refractivity contribution < 1.29 is 23.1 Å². The molecule has 0 aliphatic heterocycles. The summed E-state index contributed by atoms with van der Waals surface area (Å²) in [5.74, 6) is -3.36. The highest BCUT2D eigenvalue weighted by Crippen LogP contribution is 2.32. The summed E-state index contributed by atoms with van der Waals surface area (Å²) in [7, 11) is 1.25. The van der Waals surface area contributed by atoms with E-state index in [9.17, 15) is 18.4 Å². The zero-order chi connectivity index (χ0) is 18.7. The summed E-state index contributed by atoms with van der Waals surface area (Å²) < 4.78 is 31.3. The number of amides is 1. The van der Waals surface area contributed by atoms with Crippen LogP contribution in [0, 0.1) is 17.6 Å². The zero-order valence-electron chi connectivity index (χ0n) is 13.8. The number of nitrogens with one attached hydrogen (secondary N) is 1. The fraction of sp³-hybridized carbons (Fsp3) is 0.294. The molecule has 0 aliphatic carbocycles. The van der Waals surface area contributed by atoms with Crippen LogP contribution < -0.4 is 5.32 Å². The molecule has 0 bridgehead atoms. The van der Waals surface area contributed by atoms with Gasteiger partial charge in [0.05, 0.1) is 23.3 Å². The predicted molar refractivity (Wildman–Crippen MR) is 93.5 cm³/mol. The first-order valence-corrected chi connectivity index (χ1v) is 8.64. The molecule has 2 aromatic rings. The first kappa shape index (κ1) is 19.3. The molecule has 0 fully saturated rings. The second-order valence-corrected chi connectivity index (χ2v) is 7.04. The number of carbonyl (C=O) groups is 2. The minimum atomic E-state index is -1.19. The Labute approximate surface area is 152 Å². The summed E-state index contributed by atoms with van der Waals surface area (Å²) in [6, 6.07) is 1.44. The molecule has 1 aromatic heterocycles. The lowest BCUT2D eigenvalue weighted by Crippen LogP contribution is -2.16. The fourth-order valence-electron chi connectivity index (χ4n) is 2.27. The van der Waals surface area contributed by atoms with Gasteiger partial charge in [0.1, 0.15) is 5.00 Å². The SMILES string of the molecule is COC(=O)c1c(CC(C)C)csc1NC(=O)c1cc(F)c(F)cc1Cl. The molecule has 25 heavy (non-hydrogen) atoms. The van der Waals surface area contributed by atoms with Crippen molar-refractivity contribution in [3.05, 3.63) is 50.9 Å². The summed E-state index contributed by atoms with van der Waals surface area (Å²) in [5, 5.41) is 4.33. The van der Waals surface area contributed by atoms with Gasteiger partial charge in [-0.2, -0.15) is 0 Å². The number of esters is 1. The average molecular weight is 388 g/mol. The van der Waals surface area contributed by atoms with Gasteiger partial charge < -0.3 is 10.1 Å². The van der Waals surface area contributed by atoms with Crippen LogP contribution in [0.25, 0.3) is 0 Å². The summed E-state index contributed by atoms with van der Waals surface area (Å²) in [6.45, 7) is 4.00. The smallest absolute Gasteiger partial charge is 0.341 e. The lowest BCUT2D eigenvalue weighted by atomic mass is 10.0. The molecule has 0 spiro atoms. The molecule has 1 amide bonds. The van der Waals surface area contributed by atoms with Gasteiger partial charge in [-0.05, 0) is 35.4 Å². The number of hydrogen-bond donors (Lipinski definition) is 1. The largest absolute Gasteiger partial charge is 0.465 e. The van der Waals surface area contributed by atoms with Gasteiger partial charge in [0.25, 0.3) is 5.91 Å². The Morgan fingerprint density at radius 3 is 2.52 bits per heavy atom. The molecule has 0 saturated carbocycles. The van der Waals surface area contributed by atoms with E-state index in [0.717, 1.165) is 23.0 Å². The molecule has 0 aliphatic rings. The fourth-order valence-corrected chi connectivity index (χ4v) is 3.46. The van der Waals surface area contributed by atoms with Crippen molar-refractivity contribution in [2.24, 2.45) is 5.92 Å². The summed E-state index contributed by atoms with van der Waals surface area (Å²) in [6.07, 6.45) is 0.628. The monoisotopic (exact) mass is 387 g/mol. The minimum absolute atomic E-state index is 0.227. The highest BCUT2D eigenvalue weighted by atomic mass is 35.5.